The van der Waals surface area contributed by atoms with Gasteiger partial charge in [0.05, 0.1) is 6.54 Å². The van der Waals surface area contributed by atoms with E-state index in [4.69, 9.17) is 5.73 Å². The standard InChI is InChI=1S/C13H25N3O/c14-13(17)9-16-12-6-2-1-5-10(12)11-7-3-4-8-15-11/h10-12,15-16H,1-9H2,(H2,14,17). The molecule has 0 bridgehead atoms. The van der Waals surface area contributed by atoms with E-state index in [1.165, 1.54) is 44.9 Å². The lowest BCUT2D eigenvalue weighted by atomic mass is 9.77. The van der Waals surface area contributed by atoms with Crippen LogP contribution in [0.15, 0.2) is 0 Å². The molecule has 1 saturated carbocycles. The van der Waals surface area contributed by atoms with Gasteiger partial charge in [-0.15, -0.1) is 0 Å². The molecular weight excluding hydrogens is 214 g/mol. The summed E-state index contributed by atoms with van der Waals surface area (Å²) in [6.07, 6.45) is 9.03. The van der Waals surface area contributed by atoms with E-state index < -0.39 is 0 Å². The molecule has 98 valence electrons. The van der Waals surface area contributed by atoms with Gasteiger partial charge < -0.3 is 16.4 Å². The second-order valence-corrected chi connectivity index (χ2v) is 5.46. The molecule has 1 heterocycles. The van der Waals surface area contributed by atoms with Gasteiger partial charge in [0.2, 0.25) is 5.91 Å². The van der Waals surface area contributed by atoms with E-state index in [1.54, 1.807) is 0 Å². The van der Waals surface area contributed by atoms with Crippen molar-refractivity contribution in [2.75, 3.05) is 13.1 Å². The Bertz CT molecular complexity index is 251. The second-order valence-electron chi connectivity index (χ2n) is 5.46. The minimum Gasteiger partial charge on any atom is -0.369 e. The molecule has 3 unspecified atom stereocenters. The van der Waals surface area contributed by atoms with Gasteiger partial charge in [-0.1, -0.05) is 19.3 Å². The van der Waals surface area contributed by atoms with Gasteiger partial charge in [0.25, 0.3) is 0 Å². The number of carbonyl (C=O) groups excluding carboxylic acids is 1. The van der Waals surface area contributed by atoms with Gasteiger partial charge in [0.1, 0.15) is 0 Å². The first-order valence-corrected chi connectivity index (χ1v) is 7.02. The maximum absolute atomic E-state index is 10.9. The fraction of sp³-hybridized carbons (Fsp3) is 0.923. The predicted molar refractivity (Wildman–Crippen MR) is 68.6 cm³/mol. The Kier molecular flexibility index (Phi) is 4.80. The van der Waals surface area contributed by atoms with E-state index in [0.717, 1.165) is 6.54 Å². The van der Waals surface area contributed by atoms with Crippen molar-refractivity contribution >= 4 is 5.91 Å². The molecule has 0 aromatic rings. The van der Waals surface area contributed by atoms with Crippen molar-refractivity contribution in [3.05, 3.63) is 0 Å². The van der Waals surface area contributed by atoms with E-state index in [2.05, 4.69) is 10.6 Å². The van der Waals surface area contributed by atoms with Crippen molar-refractivity contribution < 1.29 is 4.79 Å². The highest BCUT2D eigenvalue weighted by molar-refractivity contribution is 5.75. The molecule has 0 spiro atoms. The van der Waals surface area contributed by atoms with E-state index >= 15 is 0 Å². The Morgan fingerprint density at radius 1 is 1.18 bits per heavy atom. The maximum atomic E-state index is 10.9. The lowest BCUT2D eigenvalue weighted by Gasteiger charge is -2.39. The van der Waals surface area contributed by atoms with E-state index in [9.17, 15) is 4.79 Å². The van der Waals surface area contributed by atoms with E-state index in [-0.39, 0.29) is 5.91 Å². The van der Waals surface area contributed by atoms with Gasteiger partial charge in [0, 0.05) is 12.1 Å². The predicted octanol–water partition coefficient (Wildman–Crippen LogP) is 0.762. The molecule has 0 radical (unpaired) electrons. The summed E-state index contributed by atoms with van der Waals surface area (Å²) in [5, 5.41) is 7.00. The topological polar surface area (TPSA) is 67.2 Å². The Morgan fingerprint density at radius 3 is 2.65 bits per heavy atom. The molecule has 1 amide bonds. The molecule has 17 heavy (non-hydrogen) atoms. The normalized spacial score (nSPS) is 34.5. The third kappa shape index (κ3) is 3.68. The molecule has 4 heteroatoms. The van der Waals surface area contributed by atoms with Crippen LogP contribution in [0.25, 0.3) is 0 Å². The van der Waals surface area contributed by atoms with Crippen molar-refractivity contribution in [1.29, 1.82) is 0 Å². The minimum absolute atomic E-state index is 0.245. The molecule has 0 aromatic carbocycles. The molecule has 1 saturated heterocycles. The number of rotatable bonds is 4. The quantitative estimate of drug-likeness (QED) is 0.678. The van der Waals surface area contributed by atoms with E-state index in [1.807, 2.05) is 0 Å². The molecule has 2 aliphatic rings. The number of primary amides is 1. The van der Waals surface area contributed by atoms with Crippen molar-refractivity contribution in [3.8, 4) is 0 Å². The van der Waals surface area contributed by atoms with Gasteiger partial charge in [-0.25, -0.2) is 0 Å². The average molecular weight is 239 g/mol. The molecule has 2 fully saturated rings. The lowest BCUT2D eigenvalue weighted by Crippen LogP contribution is -2.51. The molecule has 3 atom stereocenters. The monoisotopic (exact) mass is 239 g/mol. The number of hydrogen-bond donors (Lipinski definition) is 3. The number of nitrogens with two attached hydrogens (primary N) is 1. The molecule has 1 aliphatic heterocycles. The first kappa shape index (κ1) is 12.8. The van der Waals surface area contributed by atoms with Gasteiger partial charge in [-0.2, -0.15) is 0 Å². The molecular formula is C13H25N3O. The highest BCUT2D eigenvalue weighted by Crippen LogP contribution is 2.30. The van der Waals surface area contributed by atoms with Crippen LogP contribution in [0.4, 0.5) is 0 Å². The van der Waals surface area contributed by atoms with Crippen LogP contribution in [0.2, 0.25) is 0 Å². The molecule has 4 N–H and O–H groups in total. The molecule has 1 aliphatic carbocycles. The fourth-order valence-corrected chi connectivity index (χ4v) is 3.37. The second kappa shape index (κ2) is 6.36. The zero-order valence-corrected chi connectivity index (χ0v) is 10.6. The summed E-state index contributed by atoms with van der Waals surface area (Å²) in [5.41, 5.74) is 5.22. The number of hydrogen-bond acceptors (Lipinski definition) is 3. The lowest BCUT2D eigenvalue weighted by molar-refractivity contribution is -0.117. The summed E-state index contributed by atoms with van der Waals surface area (Å²) < 4.78 is 0. The first-order chi connectivity index (χ1) is 8.27. The van der Waals surface area contributed by atoms with Crippen LogP contribution in [-0.2, 0) is 4.79 Å². The van der Waals surface area contributed by atoms with Crippen molar-refractivity contribution in [2.45, 2.75) is 57.0 Å². The third-order valence-corrected chi connectivity index (χ3v) is 4.22. The SMILES string of the molecule is NC(=O)CNC1CCCCC1C1CCCCN1. The van der Waals surface area contributed by atoms with Gasteiger partial charge in [0.15, 0.2) is 0 Å². The van der Waals surface area contributed by atoms with Crippen molar-refractivity contribution in [3.63, 3.8) is 0 Å². The Balaban J connectivity index is 1.88. The largest absolute Gasteiger partial charge is 0.369 e. The molecule has 0 aromatic heterocycles. The average Bonchev–Trinajstić information content (AvgIpc) is 2.38. The first-order valence-electron chi connectivity index (χ1n) is 7.02. The van der Waals surface area contributed by atoms with Crippen LogP contribution >= 0.6 is 0 Å². The van der Waals surface area contributed by atoms with Crippen LogP contribution in [0.5, 0.6) is 0 Å². The van der Waals surface area contributed by atoms with Crippen LogP contribution in [0, 0.1) is 5.92 Å². The van der Waals surface area contributed by atoms with Crippen LogP contribution in [-0.4, -0.2) is 31.1 Å². The Labute approximate surface area is 104 Å². The third-order valence-electron chi connectivity index (χ3n) is 4.22. The zero-order valence-electron chi connectivity index (χ0n) is 10.6. The summed E-state index contributed by atoms with van der Waals surface area (Å²) in [5.74, 6) is 0.439. The number of amides is 1. The summed E-state index contributed by atoms with van der Waals surface area (Å²) in [7, 11) is 0. The van der Waals surface area contributed by atoms with Crippen LogP contribution < -0.4 is 16.4 Å². The number of nitrogens with one attached hydrogen (secondary N) is 2. The maximum Gasteiger partial charge on any atom is 0.231 e. The summed E-state index contributed by atoms with van der Waals surface area (Å²) in [6.45, 7) is 1.48. The van der Waals surface area contributed by atoms with Gasteiger partial charge in [-0.3, -0.25) is 4.79 Å². The molecule has 2 rings (SSSR count). The zero-order chi connectivity index (χ0) is 12.1. The van der Waals surface area contributed by atoms with Gasteiger partial charge >= 0.3 is 0 Å². The Hall–Kier alpha value is -0.610. The minimum atomic E-state index is -0.245. The number of carbonyl (C=O) groups is 1. The summed E-state index contributed by atoms with van der Waals surface area (Å²) in [6, 6.07) is 1.13. The highest BCUT2D eigenvalue weighted by atomic mass is 16.1. The van der Waals surface area contributed by atoms with Crippen molar-refractivity contribution in [2.24, 2.45) is 11.7 Å². The van der Waals surface area contributed by atoms with E-state index in [0.29, 0.717) is 24.5 Å². The highest BCUT2D eigenvalue weighted by Gasteiger charge is 2.32. The Morgan fingerprint density at radius 2 is 1.94 bits per heavy atom. The smallest absolute Gasteiger partial charge is 0.231 e. The van der Waals surface area contributed by atoms with Crippen LogP contribution in [0.1, 0.15) is 44.9 Å². The summed E-state index contributed by atoms with van der Waals surface area (Å²) >= 11 is 0. The molecule has 4 nitrogen and oxygen atoms in total. The fourth-order valence-electron chi connectivity index (χ4n) is 3.37. The van der Waals surface area contributed by atoms with Crippen LogP contribution in [0.3, 0.4) is 0 Å². The number of piperidine rings is 1. The summed E-state index contributed by atoms with van der Waals surface area (Å²) in [4.78, 5) is 10.9. The van der Waals surface area contributed by atoms with Gasteiger partial charge in [-0.05, 0) is 38.1 Å². The van der Waals surface area contributed by atoms with Crippen molar-refractivity contribution in [1.82, 2.24) is 10.6 Å².